The van der Waals surface area contributed by atoms with Crippen LogP contribution in [0.2, 0.25) is 0 Å². The van der Waals surface area contributed by atoms with Gasteiger partial charge < -0.3 is 29.0 Å². The van der Waals surface area contributed by atoms with Crippen LogP contribution in [0.25, 0.3) is 0 Å². The fourth-order valence-electron chi connectivity index (χ4n) is 3.87. The van der Waals surface area contributed by atoms with Gasteiger partial charge in [0.1, 0.15) is 18.3 Å². The Kier molecular flexibility index (Phi) is 4.71. The van der Waals surface area contributed by atoms with Gasteiger partial charge in [0, 0.05) is 0 Å². The van der Waals surface area contributed by atoms with Gasteiger partial charge in [0.15, 0.2) is 24.0 Å². The molecule has 0 aliphatic carbocycles. The number of fused-ring (bicyclic) bond motifs is 3. The number of hydrogen-bond acceptors (Lipinski definition) is 6. The number of rotatable bonds is 2. The SMILES string of the molecule is CC1(C)O[C@@H]2O[C@@H](C(=O)Nc3ccccc3C(F)(F)F)[C@H]3OC(C)(C)O[C@H]3[C@H]2O1. The molecule has 3 aliphatic rings. The van der Waals surface area contributed by atoms with Crippen LogP contribution in [0, 0.1) is 0 Å². The van der Waals surface area contributed by atoms with E-state index in [1.807, 2.05) is 0 Å². The summed E-state index contributed by atoms with van der Waals surface area (Å²) in [6.07, 6.45) is -8.98. The van der Waals surface area contributed by atoms with Gasteiger partial charge >= 0.3 is 6.18 Å². The van der Waals surface area contributed by atoms with Gasteiger partial charge in [-0.05, 0) is 39.8 Å². The number of para-hydroxylation sites is 1. The Morgan fingerprint density at radius 1 is 0.931 bits per heavy atom. The highest BCUT2D eigenvalue weighted by Gasteiger charge is 2.62. The topological polar surface area (TPSA) is 75.3 Å². The van der Waals surface area contributed by atoms with E-state index in [4.69, 9.17) is 23.7 Å². The number of anilines is 1. The van der Waals surface area contributed by atoms with Gasteiger partial charge in [0.05, 0.1) is 11.3 Å². The minimum atomic E-state index is -4.62. The molecule has 3 heterocycles. The first-order valence-corrected chi connectivity index (χ1v) is 9.20. The quantitative estimate of drug-likeness (QED) is 0.797. The van der Waals surface area contributed by atoms with E-state index in [1.165, 1.54) is 18.2 Å². The largest absolute Gasteiger partial charge is 0.418 e. The number of ether oxygens (including phenoxy) is 5. The average molecular weight is 417 g/mol. The zero-order valence-electron chi connectivity index (χ0n) is 16.3. The van der Waals surface area contributed by atoms with E-state index < -0.39 is 59.9 Å². The van der Waals surface area contributed by atoms with Crippen molar-refractivity contribution in [3.63, 3.8) is 0 Å². The molecule has 0 saturated carbocycles. The molecule has 0 radical (unpaired) electrons. The molecule has 4 rings (SSSR count). The number of carbonyl (C=O) groups excluding carboxylic acids is 1. The average Bonchev–Trinajstić information content (AvgIpc) is 3.07. The van der Waals surface area contributed by atoms with Gasteiger partial charge in [-0.3, -0.25) is 4.79 Å². The van der Waals surface area contributed by atoms with Gasteiger partial charge in [-0.25, -0.2) is 0 Å². The van der Waals surface area contributed by atoms with E-state index in [1.54, 1.807) is 27.7 Å². The van der Waals surface area contributed by atoms with Crippen LogP contribution in [-0.2, 0) is 34.7 Å². The first-order chi connectivity index (χ1) is 13.4. The van der Waals surface area contributed by atoms with Crippen molar-refractivity contribution < 1.29 is 41.7 Å². The minimum absolute atomic E-state index is 0.366. The molecule has 3 fully saturated rings. The molecular formula is C19H22F3NO6. The fraction of sp³-hybridized carbons (Fsp3) is 0.632. The van der Waals surface area contributed by atoms with Gasteiger partial charge in [-0.2, -0.15) is 13.2 Å². The molecule has 160 valence electrons. The number of amides is 1. The van der Waals surface area contributed by atoms with Gasteiger partial charge in [-0.15, -0.1) is 0 Å². The van der Waals surface area contributed by atoms with Gasteiger partial charge in [-0.1, -0.05) is 12.1 Å². The van der Waals surface area contributed by atoms with Crippen LogP contribution in [-0.4, -0.2) is 48.2 Å². The molecule has 1 amide bonds. The van der Waals surface area contributed by atoms with Crippen molar-refractivity contribution in [1.82, 2.24) is 0 Å². The Labute approximate surface area is 165 Å². The van der Waals surface area contributed by atoms with E-state index in [2.05, 4.69) is 5.32 Å². The Balaban J connectivity index is 1.60. The summed E-state index contributed by atoms with van der Waals surface area (Å²) in [6, 6.07) is 4.72. The summed E-state index contributed by atoms with van der Waals surface area (Å²) in [5.74, 6) is -2.78. The highest BCUT2D eigenvalue weighted by atomic mass is 19.4. The molecular weight excluding hydrogens is 395 g/mol. The van der Waals surface area contributed by atoms with Crippen molar-refractivity contribution in [3.8, 4) is 0 Å². The number of nitrogens with one attached hydrogen (secondary N) is 1. The monoisotopic (exact) mass is 417 g/mol. The second kappa shape index (κ2) is 6.64. The van der Waals surface area contributed by atoms with Crippen molar-refractivity contribution in [3.05, 3.63) is 29.8 Å². The van der Waals surface area contributed by atoms with Crippen molar-refractivity contribution in [2.24, 2.45) is 0 Å². The Morgan fingerprint density at radius 3 is 2.21 bits per heavy atom. The third kappa shape index (κ3) is 3.87. The fourth-order valence-corrected chi connectivity index (χ4v) is 3.87. The Hall–Kier alpha value is -1.72. The van der Waals surface area contributed by atoms with E-state index in [-0.39, 0.29) is 5.69 Å². The molecule has 29 heavy (non-hydrogen) atoms. The predicted molar refractivity (Wildman–Crippen MR) is 92.6 cm³/mol. The summed E-state index contributed by atoms with van der Waals surface area (Å²) >= 11 is 0. The molecule has 3 aliphatic heterocycles. The van der Waals surface area contributed by atoms with Gasteiger partial charge in [0.2, 0.25) is 0 Å². The Bertz CT molecular complexity index is 811. The minimum Gasteiger partial charge on any atom is -0.342 e. The third-order valence-corrected chi connectivity index (χ3v) is 4.90. The lowest BCUT2D eigenvalue weighted by Crippen LogP contribution is -2.58. The van der Waals surface area contributed by atoms with E-state index in [0.717, 1.165) is 6.07 Å². The number of alkyl halides is 3. The van der Waals surface area contributed by atoms with Crippen molar-refractivity contribution in [1.29, 1.82) is 0 Å². The van der Waals surface area contributed by atoms with Gasteiger partial charge in [0.25, 0.3) is 5.91 Å². The highest BCUT2D eigenvalue weighted by Crippen LogP contribution is 2.44. The van der Waals surface area contributed by atoms with Crippen LogP contribution in [0.5, 0.6) is 0 Å². The van der Waals surface area contributed by atoms with Crippen molar-refractivity contribution in [2.45, 2.75) is 76.2 Å². The second-order valence-electron chi connectivity index (χ2n) is 8.12. The summed E-state index contributed by atoms with van der Waals surface area (Å²) < 4.78 is 68.8. The summed E-state index contributed by atoms with van der Waals surface area (Å²) in [5.41, 5.74) is -1.32. The van der Waals surface area contributed by atoms with Crippen LogP contribution in [0.1, 0.15) is 33.3 Å². The van der Waals surface area contributed by atoms with Crippen LogP contribution in [0.3, 0.4) is 0 Å². The van der Waals surface area contributed by atoms with Crippen LogP contribution in [0.4, 0.5) is 18.9 Å². The first kappa shape index (κ1) is 20.5. The lowest BCUT2D eigenvalue weighted by molar-refractivity contribution is -0.229. The third-order valence-electron chi connectivity index (χ3n) is 4.90. The normalized spacial score (nSPS) is 35.1. The van der Waals surface area contributed by atoms with Crippen molar-refractivity contribution in [2.75, 3.05) is 5.32 Å². The molecule has 0 spiro atoms. The number of benzene rings is 1. The number of hydrogen-bond donors (Lipinski definition) is 1. The van der Waals surface area contributed by atoms with E-state index in [0.29, 0.717) is 0 Å². The molecule has 1 aromatic rings. The molecule has 0 unspecified atom stereocenters. The van der Waals surface area contributed by atoms with Crippen molar-refractivity contribution >= 4 is 11.6 Å². The Morgan fingerprint density at radius 2 is 1.52 bits per heavy atom. The standard InChI is InChI=1S/C19H22F3NO6/c1-17(2)26-11-12(27-17)14-16(29-18(3,4)28-14)25-13(11)15(24)23-10-8-6-5-7-9(10)19(20,21)22/h5-8,11-14,16H,1-4H3,(H,23,24)/t11-,12+,13+,14+,16-/m0/s1. The predicted octanol–water partition coefficient (Wildman–Crippen LogP) is 3.04. The summed E-state index contributed by atoms with van der Waals surface area (Å²) in [6.45, 7) is 6.74. The highest BCUT2D eigenvalue weighted by molar-refractivity contribution is 5.95. The molecule has 0 bridgehead atoms. The van der Waals surface area contributed by atoms with E-state index in [9.17, 15) is 18.0 Å². The molecule has 1 aromatic carbocycles. The van der Waals surface area contributed by atoms with Crippen LogP contribution < -0.4 is 5.32 Å². The maximum atomic E-state index is 13.3. The summed E-state index contributed by atoms with van der Waals surface area (Å²) in [4.78, 5) is 12.9. The lowest BCUT2D eigenvalue weighted by atomic mass is 9.98. The molecule has 10 heteroatoms. The maximum absolute atomic E-state index is 13.3. The van der Waals surface area contributed by atoms with E-state index >= 15 is 0 Å². The zero-order valence-corrected chi connectivity index (χ0v) is 16.3. The molecule has 3 saturated heterocycles. The summed E-state index contributed by atoms with van der Waals surface area (Å²) in [7, 11) is 0. The lowest BCUT2D eigenvalue weighted by Gasteiger charge is -2.36. The molecule has 0 aromatic heterocycles. The number of halogens is 3. The molecule has 5 atom stereocenters. The first-order valence-electron chi connectivity index (χ1n) is 9.20. The number of carbonyl (C=O) groups is 1. The smallest absolute Gasteiger partial charge is 0.342 e. The summed E-state index contributed by atoms with van der Waals surface area (Å²) in [5, 5.41) is 2.31. The zero-order chi connectivity index (χ0) is 21.2. The maximum Gasteiger partial charge on any atom is 0.418 e. The molecule has 7 nitrogen and oxygen atoms in total. The molecule has 1 N–H and O–H groups in total. The second-order valence-corrected chi connectivity index (χ2v) is 8.12. The van der Waals surface area contributed by atoms with Crippen LogP contribution in [0.15, 0.2) is 24.3 Å². The van der Waals surface area contributed by atoms with Crippen LogP contribution >= 0.6 is 0 Å².